The molecule has 0 aliphatic rings. The summed E-state index contributed by atoms with van der Waals surface area (Å²) in [5.41, 5.74) is 3.14. The third-order valence-electron chi connectivity index (χ3n) is 3.14. The number of nitrogens with zero attached hydrogens (tertiary/aromatic N) is 4. The van der Waals surface area contributed by atoms with Gasteiger partial charge in [0.15, 0.2) is 11.8 Å². The summed E-state index contributed by atoms with van der Waals surface area (Å²) in [6.45, 7) is 10.4. The largest absolute Gasteiger partial charge is 0.357 e. The zero-order valence-corrected chi connectivity index (χ0v) is 16.5. The maximum absolute atomic E-state index is 4.53. The molecule has 2 heterocycles. The molecule has 2 aromatic heterocycles. The Kier molecular flexibility index (Phi) is 8.01. The van der Waals surface area contributed by atoms with Crippen LogP contribution in [0.15, 0.2) is 29.4 Å². The highest BCUT2D eigenvalue weighted by Crippen LogP contribution is 2.10. The molecule has 0 atom stereocenters. The summed E-state index contributed by atoms with van der Waals surface area (Å²) in [6.07, 6.45) is 1.85. The van der Waals surface area contributed by atoms with E-state index in [0.29, 0.717) is 6.54 Å². The van der Waals surface area contributed by atoms with E-state index in [2.05, 4.69) is 39.6 Å². The van der Waals surface area contributed by atoms with Crippen molar-refractivity contribution >= 4 is 29.9 Å². The first-order chi connectivity index (χ1) is 10.6. The van der Waals surface area contributed by atoms with E-state index in [1.165, 1.54) is 0 Å². The lowest BCUT2D eigenvalue weighted by Gasteiger charge is -2.09. The van der Waals surface area contributed by atoms with Gasteiger partial charge in [-0.15, -0.1) is 24.0 Å². The fourth-order valence-corrected chi connectivity index (χ4v) is 2.18. The van der Waals surface area contributed by atoms with E-state index in [1.54, 1.807) is 0 Å². The van der Waals surface area contributed by atoms with Crippen molar-refractivity contribution in [2.75, 3.05) is 13.1 Å². The van der Waals surface area contributed by atoms with Crippen LogP contribution in [0.2, 0.25) is 0 Å². The van der Waals surface area contributed by atoms with E-state index < -0.39 is 0 Å². The zero-order valence-electron chi connectivity index (χ0n) is 14.1. The highest BCUT2D eigenvalue weighted by molar-refractivity contribution is 14.0. The SMILES string of the molecule is CCNC(=NCc1ccc(-n2nc(C)cc2C)nc1)NCC.I. The molecule has 0 unspecified atom stereocenters. The molecule has 23 heavy (non-hydrogen) atoms. The third-order valence-corrected chi connectivity index (χ3v) is 3.14. The van der Waals surface area contributed by atoms with Crippen molar-refractivity contribution < 1.29 is 0 Å². The summed E-state index contributed by atoms with van der Waals surface area (Å²) in [4.78, 5) is 9.01. The summed E-state index contributed by atoms with van der Waals surface area (Å²) in [7, 11) is 0. The number of halogens is 1. The van der Waals surface area contributed by atoms with Crippen LogP contribution in [0.3, 0.4) is 0 Å². The molecule has 2 rings (SSSR count). The molecule has 0 saturated heterocycles. The number of aliphatic imine (C=N–C) groups is 1. The Hall–Kier alpha value is -1.64. The van der Waals surface area contributed by atoms with E-state index in [4.69, 9.17) is 0 Å². The van der Waals surface area contributed by atoms with Gasteiger partial charge in [0.1, 0.15) is 0 Å². The second-order valence-corrected chi connectivity index (χ2v) is 5.09. The van der Waals surface area contributed by atoms with Crippen molar-refractivity contribution in [2.45, 2.75) is 34.2 Å². The van der Waals surface area contributed by atoms with Crippen LogP contribution in [-0.2, 0) is 6.54 Å². The molecule has 0 amide bonds. The van der Waals surface area contributed by atoms with Crippen LogP contribution in [0.5, 0.6) is 0 Å². The third kappa shape index (κ3) is 5.49. The van der Waals surface area contributed by atoms with Gasteiger partial charge in [-0.3, -0.25) is 0 Å². The number of pyridine rings is 1. The molecule has 6 nitrogen and oxygen atoms in total. The molecule has 2 aromatic rings. The standard InChI is InChI=1S/C16H24N6.HI/c1-5-17-16(18-6-2)20-11-14-7-8-15(19-10-14)22-13(4)9-12(3)21-22;/h7-10H,5-6,11H2,1-4H3,(H2,17,18,20);1H. The average molecular weight is 428 g/mol. The van der Waals surface area contributed by atoms with Crippen LogP contribution >= 0.6 is 24.0 Å². The zero-order chi connectivity index (χ0) is 15.9. The number of nitrogens with one attached hydrogen (secondary N) is 2. The molecule has 2 N–H and O–H groups in total. The quantitative estimate of drug-likeness (QED) is 0.437. The van der Waals surface area contributed by atoms with Crippen LogP contribution in [0.1, 0.15) is 30.8 Å². The first-order valence-corrected chi connectivity index (χ1v) is 7.64. The Labute approximate surface area is 154 Å². The van der Waals surface area contributed by atoms with Gasteiger partial charge in [0.2, 0.25) is 0 Å². The number of hydrogen-bond donors (Lipinski definition) is 2. The summed E-state index contributed by atoms with van der Waals surface area (Å²) < 4.78 is 1.85. The average Bonchev–Trinajstić information content (AvgIpc) is 2.84. The predicted octanol–water partition coefficient (Wildman–Crippen LogP) is 2.58. The Morgan fingerprint density at radius 2 is 1.87 bits per heavy atom. The van der Waals surface area contributed by atoms with Crippen molar-refractivity contribution in [1.82, 2.24) is 25.4 Å². The van der Waals surface area contributed by atoms with Crippen LogP contribution in [0.4, 0.5) is 0 Å². The van der Waals surface area contributed by atoms with Gasteiger partial charge in [0, 0.05) is 25.0 Å². The molecule has 126 valence electrons. The van der Waals surface area contributed by atoms with Gasteiger partial charge < -0.3 is 10.6 Å². The smallest absolute Gasteiger partial charge is 0.191 e. The molecular weight excluding hydrogens is 403 g/mol. The lowest BCUT2D eigenvalue weighted by Crippen LogP contribution is -2.36. The summed E-state index contributed by atoms with van der Waals surface area (Å²) >= 11 is 0. The fraction of sp³-hybridized carbons (Fsp3) is 0.438. The monoisotopic (exact) mass is 428 g/mol. The normalized spacial score (nSPS) is 9.91. The maximum atomic E-state index is 4.53. The van der Waals surface area contributed by atoms with Crippen LogP contribution in [0.25, 0.3) is 5.82 Å². The molecular formula is C16H25IN6. The van der Waals surface area contributed by atoms with Gasteiger partial charge in [0.25, 0.3) is 0 Å². The Bertz CT molecular complexity index is 625. The van der Waals surface area contributed by atoms with Gasteiger partial charge in [-0.1, -0.05) is 6.07 Å². The maximum Gasteiger partial charge on any atom is 0.191 e. The van der Waals surface area contributed by atoms with Crippen LogP contribution < -0.4 is 10.6 Å². The van der Waals surface area contributed by atoms with Gasteiger partial charge in [-0.25, -0.2) is 14.7 Å². The van der Waals surface area contributed by atoms with Crippen LogP contribution in [0, 0.1) is 13.8 Å². The molecule has 7 heteroatoms. The van der Waals surface area contributed by atoms with Crippen molar-refractivity contribution in [3.05, 3.63) is 41.3 Å². The second kappa shape index (κ2) is 9.49. The highest BCUT2D eigenvalue weighted by atomic mass is 127. The number of hydrogen-bond acceptors (Lipinski definition) is 3. The second-order valence-electron chi connectivity index (χ2n) is 5.09. The van der Waals surface area contributed by atoms with Gasteiger partial charge >= 0.3 is 0 Å². The van der Waals surface area contributed by atoms with E-state index in [9.17, 15) is 0 Å². The van der Waals surface area contributed by atoms with Crippen LogP contribution in [-0.4, -0.2) is 33.8 Å². The van der Waals surface area contributed by atoms with E-state index in [-0.39, 0.29) is 24.0 Å². The lowest BCUT2D eigenvalue weighted by molar-refractivity contribution is 0.802. The molecule has 0 saturated carbocycles. The number of aromatic nitrogens is 3. The first-order valence-electron chi connectivity index (χ1n) is 7.64. The number of guanidine groups is 1. The van der Waals surface area contributed by atoms with Gasteiger partial charge in [-0.2, -0.15) is 5.10 Å². The highest BCUT2D eigenvalue weighted by Gasteiger charge is 2.04. The minimum absolute atomic E-state index is 0. The van der Waals surface area contributed by atoms with E-state index in [1.807, 2.05) is 42.9 Å². The first kappa shape index (κ1) is 19.4. The minimum atomic E-state index is 0. The number of aryl methyl sites for hydroxylation is 2. The van der Waals surface area contributed by atoms with Crippen molar-refractivity contribution in [3.8, 4) is 5.82 Å². The summed E-state index contributed by atoms with van der Waals surface area (Å²) in [5.74, 6) is 1.66. The minimum Gasteiger partial charge on any atom is -0.357 e. The molecule has 0 aliphatic heterocycles. The van der Waals surface area contributed by atoms with E-state index in [0.717, 1.165) is 41.8 Å². The molecule has 0 aromatic carbocycles. The summed E-state index contributed by atoms with van der Waals surface area (Å²) in [6, 6.07) is 6.06. The van der Waals surface area contributed by atoms with Crippen molar-refractivity contribution in [1.29, 1.82) is 0 Å². The predicted molar refractivity (Wildman–Crippen MR) is 105 cm³/mol. The molecule has 0 bridgehead atoms. The van der Waals surface area contributed by atoms with Gasteiger partial charge in [-0.05, 0) is 45.4 Å². The number of rotatable bonds is 5. The topological polar surface area (TPSA) is 67.1 Å². The lowest BCUT2D eigenvalue weighted by atomic mass is 10.3. The summed E-state index contributed by atoms with van der Waals surface area (Å²) in [5, 5.41) is 10.9. The van der Waals surface area contributed by atoms with E-state index >= 15 is 0 Å². The molecule has 0 fully saturated rings. The van der Waals surface area contributed by atoms with Gasteiger partial charge in [0.05, 0.1) is 12.2 Å². The molecule has 0 radical (unpaired) electrons. The molecule has 0 spiro atoms. The fourth-order valence-electron chi connectivity index (χ4n) is 2.18. The van der Waals surface area contributed by atoms with Crippen molar-refractivity contribution in [3.63, 3.8) is 0 Å². The Morgan fingerprint density at radius 1 is 1.17 bits per heavy atom. The Balaban J connectivity index is 0.00000264. The molecule has 0 aliphatic carbocycles. The van der Waals surface area contributed by atoms with Crippen molar-refractivity contribution in [2.24, 2.45) is 4.99 Å². The Morgan fingerprint density at radius 3 is 2.35 bits per heavy atom.